The molecule has 73 valence electrons. The van der Waals surface area contributed by atoms with Gasteiger partial charge in [0.05, 0.1) is 6.61 Å². The van der Waals surface area contributed by atoms with Crippen LogP contribution in [0.25, 0.3) is 6.08 Å². The molecule has 14 heavy (non-hydrogen) atoms. The molecule has 1 N–H and O–H groups in total. The lowest BCUT2D eigenvalue weighted by atomic mass is 10.2. The molecule has 0 fully saturated rings. The monoisotopic (exact) mass is 190 g/mol. The van der Waals surface area contributed by atoms with Crippen LogP contribution in [0.4, 0.5) is 0 Å². The van der Waals surface area contributed by atoms with Crippen molar-refractivity contribution >= 4 is 12.0 Å². The number of carbonyl (C=O) groups excluding carboxylic acids is 1. The second-order valence-electron chi connectivity index (χ2n) is 2.74. The number of hydrogen-bond acceptors (Lipinski definition) is 1. The first-order valence-electron chi connectivity index (χ1n) is 4.42. The van der Waals surface area contributed by atoms with Crippen LogP contribution in [0.3, 0.4) is 0 Å². The summed E-state index contributed by atoms with van der Waals surface area (Å²) in [5, 5.41) is 12.5. The number of nitrogens with one attached hydrogen (secondary N) is 1. The van der Waals surface area contributed by atoms with Gasteiger partial charge in [-0.15, -0.1) is 0 Å². The summed E-state index contributed by atoms with van der Waals surface area (Å²) in [6, 6.07) is 9.51. The third-order valence-electron chi connectivity index (χ3n) is 1.63. The molecule has 0 spiro atoms. The molecule has 0 aromatic heterocycles. The fourth-order valence-corrected chi connectivity index (χ4v) is 0.969. The van der Waals surface area contributed by atoms with E-state index in [1.165, 1.54) is 6.08 Å². The Morgan fingerprint density at radius 2 is 2.00 bits per heavy atom. The van der Waals surface area contributed by atoms with Crippen LogP contribution >= 0.6 is 0 Å². The maximum Gasteiger partial charge on any atom is 0.244 e. The number of hydrogen-bond donors (Lipinski definition) is 1. The summed E-state index contributed by atoms with van der Waals surface area (Å²) >= 11 is 0. The van der Waals surface area contributed by atoms with Gasteiger partial charge in [-0.2, -0.15) is 0 Å². The average Bonchev–Trinajstić information content (AvgIpc) is 2.25. The zero-order valence-electron chi connectivity index (χ0n) is 7.77. The third-order valence-corrected chi connectivity index (χ3v) is 1.63. The predicted molar refractivity (Wildman–Crippen MR) is 54.0 cm³/mol. The van der Waals surface area contributed by atoms with Gasteiger partial charge in [0.2, 0.25) is 5.91 Å². The van der Waals surface area contributed by atoms with Crippen molar-refractivity contribution in [2.75, 3.05) is 13.2 Å². The molecule has 1 aromatic rings. The van der Waals surface area contributed by atoms with E-state index in [-0.39, 0.29) is 19.1 Å². The average molecular weight is 190 g/mol. The Balaban J connectivity index is 2.44. The molecule has 3 nitrogen and oxygen atoms in total. The Morgan fingerprint density at radius 3 is 2.64 bits per heavy atom. The molecule has 1 radical (unpaired) electrons. The van der Waals surface area contributed by atoms with E-state index in [4.69, 9.17) is 0 Å². The Hall–Kier alpha value is -1.61. The maximum atomic E-state index is 11.0. The molecule has 0 saturated carbocycles. The summed E-state index contributed by atoms with van der Waals surface area (Å²) < 4.78 is 0. The Bertz CT molecular complexity index is 306. The first kappa shape index (κ1) is 10.5. The molecule has 0 aliphatic rings. The highest BCUT2D eigenvalue weighted by atomic mass is 16.3. The second-order valence-corrected chi connectivity index (χ2v) is 2.74. The summed E-state index contributed by atoms with van der Waals surface area (Å²) in [5.41, 5.74) is 0.963. The molecule has 0 unspecified atom stereocenters. The summed E-state index contributed by atoms with van der Waals surface area (Å²) in [6.45, 7) is -0.108. The highest BCUT2D eigenvalue weighted by molar-refractivity contribution is 5.91. The topological polar surface area (TPSA) is 49.0 Å². The quantitative estimate of drug-likeness (QED) is 0.713. The minimum atomic E-state index is -0.287. The van der Waals surface area contributed by atoms with Gasteiger partial charge in [-0.1, -0.05) is 30.3 Å². The van der Waals surface area contributed by atoms with E-state index in [9.17, 15) is 9.90 Å². The number of benzene rings is 1. The molecule has 0 heterocycles. The van der Waals surface area contributed by atoms with Gasteiger partial charge < -0.3 is 5.32 Å². The lowest BCUT2D eigenvalue weighted by Gasteiger charge is -1.96. The van der Waals surface area contributed by atoms with Gasteiger partial charge in [0, 0.05) is 12.6 Å². The van der Waals surface area contributed by atoms with E-state index >= 15 is 0 Å². The van der Waals surface area contributed by atoms with Crippen LogP contribution < -0.4 is 5.32 Å². The van der Waals surface area contributed by atoms with Gasteiger partial charge in [-0.05, 0) is 11.6 Å². The molecule has 0 saturated heterocycles. The first-order valence-corrected chi connectivity index (χ1v) is 4.42. The first-order chi connectivity index (χ1) is 6.83. The van der Waals surface area contributed by atoms with Gasteiger partial charge in [0.1, 0.15) is 0 Å². The van der Waals surface area contributed by atoms with Crippen LogP contribution in [0.15, 0.2) is 36.4 Å². The van der Waals surface area contributed by atoms with Crippen molar-refractivity contribution in [3.63, 3.8) is 0 Å². The van der Waals surface area contributed by atoms with Crippen molar-refractivity contribution in [1.82, 2.24) is 5.32 Å². The van der Waals surface area contributed by atoms with Crippen LogP contribution in [0.1, 0.15) is 5.56 Å². The Labute approximate surface area is 83.1 Å². The maximum absolute atomic E-state index is 11.0. The lowest BCUT2D eigenvalue weighted by Crippen LogP contribution is -2.23. The van der Waals surface area contributed by atoms with Gasteiger partial charge in [0.15, 0.2) is 0 Å². The SMILES string of the molecule is [O]CCNC(=O)/C=C/c1ccccc1. The Morgan fingerprint density at radius 1 is 1.29 bits per heavy atom. The summed E-state index contributed by atoms with van der Waals surface area (Å²) in [7, 11) is 0. The van der Waals surface area contributed by atoms with Gasteiger partial charge in [-0.25, -0.2) is 5.11 Å². The molecule has 0 aliphatic heterocycles. The molecular weight excluding hydrogens is 178 g/mol. The van der Waals surface area contributed by atoms with Gasteiger partial charge in [0.25, 0.3) is 0 Å². The molecule has 0 bridgehead atoms. The van der Waals surface area contributed by atoms with Crippen LogP contribution in [-0.2, 0) is 9.90 Å². The molecule has 1 rings (SSSR count). The molecule has 1 amide bonds. The minimum Gasteiger partial charge on any atom is -0.350 e. The summed E-state index contributed by atoms with van der Waals surface area (Å²) in [5.74, 6) is -0.232. The van der Waals surface area contributed by atoms with E-state index in [1.54, 1.807) is 6.08 Å². The largest absolute Gasteiger partial charge is 0.350 e. The van der Waals surface area contributed by atoms with E-state index < -0.39 is 0 Å². The standard InChI is InChI=1S/C11H12NO2/c13-9-8-12-11(14)7-6-10-4-2-1-3-5-10/h1-7H,8-9H2,(H,12,14)/b7-6+. The third kappa shape index (κ3) is 3.87. The highest BCUT2D eigenvalue weighted by Gasteiger charge is 1.92. The number of carbonyl (C=O) groups is 1. The van der Waals surface area contributed by atoms with Crippen LogP contribution in [-0.4, -0.2) is 19.1 Å². The van der Waals surface area contributed by atoms with E-state index in [0.717, 1.165) is 5.56 Å². The normalized spacial score (nSPS) is 10.4. The second kappa shape index (κ2) is 5.94. The molecule has 0 atom stereocenters. The van der Waals surface area contributed by atoms with Gasteiger partial charge in [-0.3, -0.25) is 4.79 Å². The number of rotatable bonds is 4. The highest BCUT2D eigenvalue weighted by Crippen LogP contribution is 2.00. The minimum absolute atomic E-state index is 0.179. The zero-order chi connectivity index (χ0) is 10.2. The Kier molecular flexibility index (Phi) is 4.44. The van der Waals surface area contributed by atoms with E-state index in [1.807, 2.05) is 30.3 Å². The van der Waals surface area contributed by atoms with E-state index in [2.05, 4.69) is 5.32 Å². The van der Waals surface area contributed by atoms with Crippen molar-refractivity contribution in [3.05, 3.63) is 42.0 Å². The van der Waals surface area contributed by atoms with E-state index in [0.29, 0.717) is 0 Å². The summed E-state index contributed by atoms with van der Waals surface area (Å²) in [6.07, 6.45) is 3.13. The number of amides is 1. The smallest absolute Gasteiger partial charge is 0.244 e. The fourth-order valence-electron chi connectivity index (χ4n) is 0.969. The van der Waals surface area contributed by atoms with Crippen molar-refractivity contribution in [2.45, 2.75) is 0 Å². The summed E-state index contributed by atoms with van der Waals surface area (Å²) in [4.78, 5) is 11.0. The van der Waals surface area contributed by atoms with Crippen molar-refractivity contribution < 1.29 is 9.90 Å². The van der Waals surface area contributed by atoms with Crippen molar-refractivity contribution in [3.8, 4) is 0 Å². The fraction of sp³-hybridized carbons (Fsp3) is 0.182. The van der Waals surface area contributed by atoms with Crippen LogP contribution in [0.2, 0.25) is 0 Å². The van der Waals surface area contributed by atoms with Gasteiger partial charge >= 0.3 is 0 Å². The molecule has 0 aliphatic carbocycles. The molecule has 3 heteroatoms. The van der Waals surface area contributed by atoms with Crippen molar-refractivity contribution in [1.29, 1.82) is 0 Å². The lowest BCUT2D eigenvalue weighted by molar-refractivity contribution is -0.116. The molecule has 1 aromatic carbocycles. The van der Waals surface area contributed by atoms with Crippen molar-refractivity contribution in [2.24, 2.45) is 0 Å². The predicted octanol–water partition coefficient (Wildman–Crippen LogP) is 1.25. The van der Waals surface area contributed by atoms with Crippen LogP contribution in [0.5, 0.6) is 0 Å². The zero-order valence-corrected chi connectivity index (χ0v) is 7.77. The molecular formula is C11H12NO2. The van der Waals surface area contributed by atoms with Crippen LogP contribution in [0, 0.1) is 0 Å².